The third-order valence-corrected chi connectivity index (χ3v) is 4.95. The Kier molecular flexibility index (Phi) is 7.86. The van der Waals surface area contributed by atoms with Crippen LogP contribution in [0.3, 0.4) is 0 Å². The summed E-state index contributed by atoms with van der Waals surface area (Å²) in [5.74, 6) is 1.42. The van der Waals surface area contributed by atoms with Gasteiger partial charge < -0.3 is 19.1 Å². The molecule has 0 aliphatic carbocycles. The number of hydrogen-bond donors (Lipinski definition) is 0. The molecule has 0 N–H and O–H groups in total. The Bertz CT molecular complexity index is 587. The van der Waals surface area contributed by atoms with E-state index in [1.165, 1.54) is 0 Å². The molecule has 1 aromatic heterocycles. The summed E-state index contributed by atoms with van der Waals surface area (Å²) in [4.78, 5) is 14.0. The van der Waals surface area contributed by atoms with Gasteiger partial charge in [-0.25, -0.2) is 4.98 Å². The lowest BCUT2D eigenvalue weighted by Crippen LogP contribution is -2.42. The largest absolute Gasteiger partial charge is 0.473 e. The van der Waals surface area contributed by atoms with Gasteiger partial charge in [0.15, 0.2) is 0 Å². The SMILES string of the molecule is C=CCC[C@H](CN1CCOCC1)Oc1cc(CC)nc(N2CCOCC2)n1. The third kappa shape index (κ3) is 6.16. The number of hydrogen-bond acceptors (Lipinski definition) is 7. The number of anilines is 1. The summed E-state index contributed by atoms with van der Waals surface area (Å²) in [7, 11) is 0. The van der Waals surface area contributed by atoms with Crippen molar-refractivity contribution in [3.63, 3.8) is 0 Å². The molecule has 27 heavy (non-hydrogen) atoms. The Balaban J connectivity index is 1.71. The molecule has 0 aromatic carbocycles. The molecular weight excluding hydrogens is 344 g/mol. The number of allylic oxidation sites excluding steroid dienone is 1. The van der Waals surface area contributed by atoms with Crippen LogP contribution >= 0.6 is 0 Å². The highest BCUT2D eigenvalue weighted by Gasteiger charge is 2.20. The summed E-state index contributed by atoms with van der Waals surface area (Å²) < 4.78 is 17.3. The molecule has 1 aromatic rings. The van der Waals surface area contributed by atoms with Crippen LogP contribution in [0.15, 0.2) is 18.7 Å². The highest BCUT2D eigenvalue weighted by atomic mass is 16.5. The van der Waals surface area contributed by atoms with Crippen LogP contribution < -0.4 is 9.64 Å². The topological polar surface area (TPSA) is 60.0 Å². The smallest absolute Gasteiger partial charge is 0.229 e. The third-order valence-electron chi connectivity index (χ3n) is 4.95. The van der Waals surface area contributed by atoms with Crippen molar-refractivity contribution < 1.29 is 14.2 Å². The van der Waals surface area contributed by atoms with Crippen molar-refractivity contribution >= 4 is 5.95 Å². The van der Waals surface area contributed by atoms with Crippen LogP contribution in [0, 0.1) is 0 Å². The van der Waals surface area contributed by atoms with Crippen molar-refractivity contribution in [1.82, 2.24) is 14.9 Å². The average molecular weight is 377 g/mol. The molecule has 2 aliphatic rings. The van der Waals surface area contributed by atoms with E-state index >= 15 is 0 Å². The molecule has 2 saturated heterocycles. The van der Waals surface area contributed by atoms with Crippen molar-refractivity contribution in [3.05, 3.63) is 24.4 Å². The maximum Gasteiger partial charge on any atom is 0.229 e. The van der Waals surface area contributed by atoms with Gasteiger partial charge in [-0.15, -0.1) is 6.58 Å². The van der Waals surface area contributed by atoms with Crippen molar-refractivity contribution in [3.8, 4) is 5.88 Å². The molecule has 3 heterocycles. The minimum absolute atomic E-state index is 0.0817. The first-order chi connectivity index (χ1) is 13.3. The van der Waals surface area contributed by atoms with Crippen LogP contribution in [0.25, 0.3) is 0 Å². The van der Waals surface area contributed by atoms with E-state index in [1.807, 2.05) is 12.1 Å². The molecule has 150 valence electrons. The normalized spacial score (nSPS) is 19.7. The molecule has 2 aliphatic heterocycles. The van der Waals surface area contributed by atoms with Crippen molar-refractivity contribution in [2.24, 2.45) is 0 Å². The first-order valence-electron chi connectivity index (χ1n) is 10.1. The van der Waals surface area contributed by atoms with Gasteiger partial charge in [-0.05, 0) is 19.3 Å². The van der Waals surface area contributed by atoms with Crippen LogP contribution in [-0.4, -0.2) is 80.1 Å². The summed E-state index contributed by atoms with van der Waals surface area (Å²) in [6.07, 6.45) is 4.75. The lowest BCUT2D eigenvalue weighted by molar-refractivity contribution is 0.0174. The van der Waals surface area contributed by atoms with Gasteiger partial charge in [0.25, 0.3) is 0 Å². The fourth-order valence-corrected chi connectivity index (χ4v) is 3.34. The second kappa shape index (κ2) is 10.6. The van der Waals surface area contributed by atoms with E-state index in [2.05, 4.69) is 23.3 Å². The Labute approximate surface area is 162 Å². The monoisotopic (exact) mass is 376 g/mol. The minimum Gasteiger partial charge on any atom is -0.473 e. The predicted octanol–water partition coefficient (Wildman–Crippen LogP) is 1.92. The molecule has 0 unspecified atom stereocenters. The standard InChI is InChI=1S/C20H32N4O3/c1-3-5-6-18(16-23-7-11-25-12-8-23)27-19-15-17(4-2)21-20(22-19)24-9-13-26-14-10-24/h3,15,18H,1,4-14,16H2,2H3/t18-/m1/s1. The quantitative estimate of drug-likeness (QED) is 0.610. The highest BCUT2D eigenvalue weighted by molar-refractivity contribution is 5.35. The fraction of sp³-hybridized carbons (Fsp3) is 0.700. The first-order valence-corrected chi connectivity index (χ1v) is 10.1. The van der Waals surface area contributed by atoms with Crippen LogP contribution in [-0.2, 0) is 15.9 Å². The number of morpholine rings is 2. The fourth-order valence-electron chi connectivity index (χ4n) is 3.34. The van der Waals surface area contributed by atoms with E-state index in [1.54, 1.807) is 0 Å². The molecule has 7 nitrogen and oxygen atoms in total. The summed E-state index contributed by atoms with van der Waals surface area (Å²) in [5.41, 5.74) is 1.01. The van der Waals surface area contributed by atoms with E-state index < -0.39 is 0 Å². The summed E-state index contributed by atoms with van der Waals surface area (Å²) >= 11 is 0. The summed E-state index contributed by atoms with van der Waals surface area (Å²) in [6.45, 7) is 13.4. The van der Waals surface area contributed by atoms with E-state index in [4.69, 9.17) is 24.2 Å². The molecule has 2 fully saturated rings. The van der Waals surface area contributed by atoms with E-state index in [0.717, 1.165) is 90.1 Å². The van der Waals surface area contributed by atoms with E-state index in [-0.39, 0.29) is 6.10 Å². The molecule has 0 radical (unpaired) electrons. The molecule has 7 heteroatoms. The van der Waals surface area contributed by atoms with Crippen LogP contribution in [0.5, 0.6) is 5.88 Å². The van der Waals surface area contributed by atoms with Gasteiger partial charge in [0.1, 0.15) is 6.10 Å². The lowest BCUT2D eigenvalue weighted by Gasteiger charge is -2.31. The second-order valence-electron chi connectivity index (χ2n) is 6.97. The maximum atomic E-state index is 6.35. The Hall–Kier alpha value is -1.70. The van der Waals surface area contributed by atoms with Crippen LogP contribution in [0.1, 0.15) is 25.5 Å². The van der Waals surface area contributed by atoms with Gasteiger partial charge in [-0.1, -0.05) is 13.0 Å². The zero-order chi connectivity index (χ0) is 18.9. The lowest BCUT2D eigenvalue weighted by atomic mass is 10.1. The van der Waals surface area contributed by atoms with E-state index in [9.17, 15) is 0 Å². The van der Waals surface area contributed by atoms with Gasteiger partial charge in [-0.2, -0.15) is 4.98 Å². The molecular formula is C20H32N4O3. The van der Waals surface area contributed by atoms with E-state index in [0.29, 0.717) is 5.88 Å². The number of aromatic nitrogens is 2. The Morgan fingerprint density at radius 1 is 1.15 bits per heavy atom. The molecule has 0 amide bonds. The van der Waals surface area contributed by atoms with Crippen LogP contribution in [0.4, 0.5) is 5.95 Å². The van der Waals surface area contributed by atoms with Gasteiger partial charge >= 0.3 is 0 Å². The zero-order valence-corrected chi connectivity index (χ0v) is 16.4. The molecule has 1 atom stereocenters. The minimum atomic E-state index is 0.0817. The number of nitrogens with zero attached hydrogens (tertiary/aromatic N) is 4. The van der Waals surface area contributed by atoms with Crippen molar-refractivity contribution in [2.75, 3.05) is 64.1 Å². The second-order valence-corrected chi connectivity index (χ2v) is 6.97. The molecule has 0 saturated carbocycles. The molecule has 0 spiro atoms. The number of aryl methyl sites for hydroxylation is 1. The zero-order valence-electron chi connectivity index (χ0n) is 16.4. The first kappa shape index (κ1) is 20.0. The van der Waals surface area contributed by atoms with Gasteiger partial charge in [0.05, 0.1) is 26.4 Å². The van der Waals surface area contributed by atoms with Gasteiger partial charge in [0, 0.05) is 44.5 Å². The van der Waals surface area contributed by atoms with Crippen molar-refractivity contribution in [2.45, 2.75) is 32.3 Å². The highest BCUT2D eigenvalue weighted by Crippen LogP contribution is 2.20. The molecule has 3 rings (SSSR count). The number of ether oxygens (including phenoxy) is 3. The Morgan fingerprint density at radius 2 is 1.85 bits per heavy atom. The Morgan fingerprint density at radius 3 is 2.52 bits per heavy atom. The summed E-state index contributed by atoms with van der Waals surface area (Å²) in [6, 6.07) is 1.98. The van der Waals surface area contributed by atoms with Gasteiger partial charge in [-0.3, -0.25) is 4.90 Å². The van der Waals surface area contributed by atoms with Gasteiger partial charge in [0.2, 0.25) is 11.8 Å². The summed E-state index contributed by atoms with van der Waals surface area (Å²) in [5, 5.41) is 0. The van der Waals surface area contributed by atoms with Crippen LogP contribution in [0.2, 0.25) is 0 Å². The number of rotatable bonds is 9. The predicted molar refractivity (Wildman–Crippen MR) is 106 cm³/mol. The average Bonchev–Trinajstić information content (AvgIpc) is 2.73. The van der Waals surface area contributed by atoms with Crippen molar-refractivity contribution in [1.29, 1.82) is 0 Å². The maximum absolute atomic E-state index is 6.35. The molecule has 0 bridgehead atoms.